The number of hydrogen-bond donors (Lipinski definition) is 1. The summed E-state index contributed by atoms with van der Waals surface area (Å²) in [4.78, 5) is 23.7. The van der Waals surface area contributed by atoms with Crippen molar-refractivity contribution >= 4 is 21.7 Å². The third-order valence-electron chi connectivity index (χ3n) is 3.36. The van der Waals surface area contributed by atoms with Gasteiger partial charge in [0, 0.05) is 18.4 Å². The van der Waals surface area contributed by atoms with Gasteiger partial charge in [-0.15, -0.1) is 0 Å². The Labute approximate surface area is 150 Å². The average Bonchev–Trinajstić information content (AvgIpc) is 2.57. The lowest BCUT2D eigenvalue weighted by atomic mass is 10.1. The van der Waals surface area contributed by atoms with Gasteiger partial charge >= 0.3 is 5.97 Å². The monoisotopic (exact) mass is 379 g/mol. The summed E-state index contributed by atoms with van der Waals surface area (Å²) < 4.78 is 41.0. The number of benzene rings is 2. The molecule has 0 radical (unpaired) electrons. The van der Waals surface area contributed by atoms with E-state index in [4.69, 9.17) is 4.74 Å². The Kier molecular flexibility index (Phi) is 6.46. The Morgan fingerprint density at radius 2 is 1.85 bits per heavy atom. The first-order valence-corrected chi connectivity index (χ1v) is 9.74. The maximum Gasteiger partial charge on any atom is 0.338 e. The lowest BCUT2D eigenvalue weighted by molar-refractivity contribution is -0.124. The second-order valence-electron chi connectivity index (χ2n) is 5.71. The van der Waals surface area contributed by atoms with Crippen molar-refractivity contribution in [3.05, 3.63) is 71.0 Å². The van der Waals surface area contributed by atoms with E-state index < -0.39 is 34.1 Å². The van der Waals surface area contributed by atoms with E-state index in [1.165, 1.54) is 30.3 Å². The fraction of sp³-hybridized carbons (Fsp3) is 0.222. The summed E-state index contributed by atoms with van der Waals surface area (Å²) in [5, 5.41) is 2.45. The van der Waals surface area contributed by atoms with Gasteiger partial charge in [0.15, 0.2) is 16.4 Å². The van der Waals surface area contributed by atoms with Gasteiger partial charge in [-0.25, -0.2) is 17.6 Å². The summed E-state index contributed by atoms with van der Waals surface area (Å²) in [7, 11) is -3.23. The third kappa shape index (κ3) is 6.29. The van der Waals surface area contributed by atoms with Crippen LogP contribution in [0.3, 0.4) is 0 Å². The van der Waals surface area contributed by atoms with Crippen LogP contribution in [-0.2, 0) is 31.7 Å². The van der Waals surface area contributed by atoms with E-state index in [9.17, 15) is 22.4 Å². The molecule has 2 rings (SSSR count). The average molecular weight is 379 g/mol. The van der Waals surface area contributed by atoms with Crippen LogP contribution in [0, 0.1) is 5.82 Å². The van der Waals surface area contributed by atoms with Crippen LogP contribution in [0.15, 0.2) is 48.5 Å². The number of ether oxygens (including phenoxy) is 1. The van der Waals surface area contributed by atoms with E-state index in [0.29, 0.717) is 11.1 Å². The van der Waals surface area contributed by atoms with E-state index >= 15 is 0 Å². The van der Waals surface area contributed by atoms with Gasteiger partial charge in [-0.2, -0.15) is 0 Å². The molecule has 2 aromatic carbocycles. The molecule has 2 aromatic rings. The molecule has 0 aliphatic heterocycles. The molecule has 0 aliphatic rings. The molecule has 0 spiro atoms. The lowest BCUT2D eigenvalue weighted by Gasteiger charge is -2.08. The second-order valence-corrected chi connectivity index (χ2v) is 7.85. The van der Waals surface area contributed by atoms with Gasteiger partial charge in [0.25, 0.3) is 5.91 Å². The molecule has 1 amide bonds. The summed E-state index contributed by atoms with van der Waals surface area (Å²) in [6.07, 6.45) is 1.10. The Bertz CT molecular complexity index is 911. The number of rotatable bonds is 7. The van der Waals surface area contributed by atoms with E-state index in [1.807, 2.05) is 0 Å². The van der Waals surface area contributed by atoms with Crippen molar-refractivity contribution in [2.75, 3.05) is 12.9 Å². The predicted octanol–water partition coefficient (Wildman–Crippen LogP) is 1.84. The molecule has 0 aliphatic carbocycles. The van der Waals surface area contributed by atoms with E-state index in [0.717, 1.165) is 6.26 Å². The highest BCUT2D eigenvalue weighted by molar-refractivity contribution is 7.89. The summed E-state index contributed by atoms with van der Waals surface area (Å²) >= 11 is 0. The van der Waals surface area contributed by atoms with Crippen molar-refractivity contribution in [1.82, 2.24) is 5.32 Å². The number of amides is 1. The highest BCUT2D eigenvalue weighted by atomic mass is 32.2. The minimum Gasteiger partial charge on any atom is -0.452 e. The highest BCUT2D eigenvalue weighted by Gasteiger charge is 2.12. The van der Waals surface area contributed by atoms with Gasteiger partial charge in [0.2, 0.25) is 0 Å². The largest absolute Gasteiger partial charge is 0.452 e. The van der Waals surface area contributed by atoms with E-state index in [1.54, 1.807) is 18.2 Å². The number of halogens is 1. The molecule has 0 fully saturated rings. The SMILES string of the molecule is CS(=O)(=O)Cc1cccc(C(=O)OCC(=O)NCc2ccccc2F)c1. The highest BCUT2D eigenvalue weighted by Crippen LogP contribution is 2.10. The molecule has 8 heteroatoms. The molecule has 0 aromatic heterocycles. The van der Waals surface area contributed by atoms with E-state index in [-0.39, 0.29) is 17.9 Å². The quantitative estimate of drug-likeness (QED) is 0.742. The van der Waals surface area contributed by atoms with Crippen LogP contribution in [0.1, 0.15) is 21.5 Å². The zero-order valence-corrected chi connectivity index (χ0v) is 14.9. The second kappa shape index (κ2) is 8.57. The smallest absolute Gasteiger partial charge is 0.338 e. The molecule has 0 unspecified atom stereocenters. The Morgan fingerprint density at radius 3 is 2.54 bits per heavy atom. The minimum atomic E-state index is -3.23. The van der Waals surface area contributed by atoms with Crippen molar-refractivity contribution in [3.8, 4) is 0 Å². The number of carbonyl (C=O) groups is 2. The molecule has 0 atom stereocenters. The normalized spacial score (nSPS) is 11.0. The lowest BCUT2D eigenvalue weighted by Crippen LogP contribution is -2.28. The van der Waals surface area contributed by atoms with E-state index in [2.05, 4.69) is 5.32 Å². The number of hydrogen-bond acceptors (Lipinski definition) is 5. The molecular weight excluding hydrogens is 361 g/mol. The fourth-order valence-corrected chi connectivity index (χ4v) is 2.98. The van der Waals surface area contributed by atoms with Crippen LogP contribution in [0.2, 0.25) is 0 Å². The van der Waals surface area contributed by atoms with Crippen molar-refractivity contribution in [3.63, 3.8) is 0 Å². The van der Waals surface area contributed by atoms with Gasteiger partial charge in [0.1, 0.15) is 5.82 Å². The Morgan fingerprint density at radius 1 is 1.12 bits per heavy atom. The van der Waals surface area contributed by atoms with Crippen LogP contribution in [0.25, 0.3) is 0 Å². The van der Waals surface area contributed by atoms with Crippen molar-refractivity contribution in [2.24, 2.45) is 0 Å². The van der Waals surface area contributed by atoms with Crippen molar-refractivity contribution < 1.29 is 27.1 Å². The summed E-state index contributed by atoms with van der Waals surface area (Å²) in [6, 6.07) is 12.0. The number of carbonyl (C=O) groups excluding carboxylic acids is 2. The molecule has 138 valence electrons. The molecule has 0 heterocycles. The molecular formula is C18H18FNO5S. The third-order valence-corrected chi connectivity index (χ3v) is 4.22. The molecule has 0 saturated heterocycles. The summed E-state index contributed by atoms with van der Waals surface area (Å²) in [5.41, 5.74) is 0.916. The van der Waals surface area contributed by atoms with Crippen LogP contribution in [0.4, 0.5) is 4.39 Å². The predicted molar refractivity (Wildman–Crippen MR) is 93.5 cm³/mol. The van der Waals surface area contributed by atoms with Gasteiger partial charge in [-0.05, 0) is 23.8 Å². The topological polar surface area (TPSA) is 89.5 Å². The first-order valence-electron chi connectivity index (χ1n) is 7.68. The Balaban J connectivity index is 1.87. The maximum atomic E-state index is 13.5. The van der Waals surface area contributed by atoms with Crippen LogP contribution in [-0.4, -0.2) is 33.2 Å². The zero-order valence-electron chi connectivity index (χ0n) is 14.1. The summed E-state index contributed by atoms with van der Waals surface area (Å²) in [5.74, 6) is -1.96. The fourth-order valence-electron chi connectivity index (χ4n) is 2.19. The van der Waals surface area contributed by atoms with Crippen LogP contribution in [0.5, 0.6) is 0 Å². The zero-order chi connectivity index (χ0) is 19.2. The molecule has 0 saturated carbocycles. The molecule has 6 nitrogen and oxygen atoms in total. The summed E-state index contributed by atoms with van der Waals surface area (Å²) in [6.45, 7) is -0.545. The van der Waals surface area contributed by atoms with Gasteiger partial charge in [0.05, 0.1) is 11.3 Å². The van der Waals surface area contributed by atoms with Crippen molar-refractivity contribution in [2.45, 2.75) is 12.3 Å². The number of nitrogens with one attached hydrogen (secondary N) is 1. The van der Waals surface area contributed by atoms with Gasteiger partial charge in [-0.3, -0.25) is 4.79 Å². The van der Waals surface area contributed by atoms with Gasteiger partial charge in [-0.1, -0.05) is 30.3 Å². The maximum absolute atomic E-state index is 13.5. The molecule has 26 heavy (non-hydrogen) atoms. The van der Waals surface area contributed by atoms with Crippen LogP contribution >= 0.6 is 0 Å². The minimum absolute atomic E-state index is 0.0209. The Hall–Kier alpha value is -2.74. The first kappa shape index (κ1) is 19.6. The molecule has 0 bridgehead atoms. The number of esters is 1. The number of sulfone groups is 1. The molecule has 1 N–H and O–H groups in total. The van der Waals surface area contributed by atoms with Gasteiger partial charge < -0.3 is 10.1 Å². The van der Waals surface area contributed by atoms with Crippen molar-refractivity contribution in [1.29, 1.82) is 0 Å². The standard InChI is InChI=1S/C18H18FNO5S/c1-26(23,24)12-13-5-4-7-14(9-13)18(22)25-11-17(21)20-10-15-6-2-3-8-16(15)19/h2-9H,10-12H2,1H3,(H,20,21). The van der Waals surface area contributed by atoms with Crippen LogP contribution < -0.4 is 5.32 Å². The first-order chi connectivity index (χ1) is 12.2.